The van der Waals surface area contributed by atoms with E-state index in [0.717, 1.165) is 0 Å². The third-order valence-electron chi connectivity index (χ3n) is 5.29. The van der Waals surface area contributed by atoms with Crippen LogP contribution in [0.4, 0.5) is 0 Å². The average Bonchev–Trinajstić information content (AvgIpc) is 2.67. The Balaban J connectivity index is 1.79. The Hall–Kier alpha value is -2.69. The molecule has 3 aromatic rings. The number of phenolic OH excluding ortho intramolecular Hbond substituents is 1. The third-order valence-corrected chi connectivity index (χ3v) is 5.29. The molecule has 0 spiro atoms. The lowest BCUT2D eigenvalue weighted by Crippen LogP contribution is -2.60. The van der Waals surface area contributed by atoms with Crippen LogP contribution < -0.4 is 10.2 Å². The first-order valence-corrected chi connectivity index (χ1v) is 9.39. The molecule has 30 heavy (non-hydrogen) atoms. The van der Waals surface area contributed by atoms with Gasteiger partial charge in [-0.25, -0.2) is 0 Å². The van der Waals surface area contributed by atoms with Crippen LogP contribution in [0.25, 0.3) is 21.7 Å². The maximum Gasteiger partial charge on any atom is 0.229 e. The van der Waals surface area contributed by atoms with Crippen LogP contribution >= 0.6 is 0 Å². The lowest BCUT2D eigenvalue weighted by Gasteiger charge is -2.39. The number of aryl methyl sites for hydroxylation is 2. The van der Waals surface area contributed by atoms with Crippen molar-refractivity contribution in [1.82, 2.24) is 0 Å². The predicted molar refractivity (Wildman–Crippen MR) is 106 cm³/mol. The highest BCUT2D eigenvalue weighted by Gasteiger charge is 2.44. The number of rotatable bonds is 3. The SMILES string of the molecule is Cc1cc(=O)c2c(C)cc3cc(O[C@@H]4O[C@@H](CO)[C@@H](O)[C@@H](O)[C@@H]4O)cc(O)c3c2o1. The minimum Gasteiger partial charge on any atom is -0.507 e. The van der Waals surface area contributed by atoms with Gasteiger partial charge >= 0.3 is 0 Å². The Labute approximate surface area is 170 Å². The van der Waals surface area contributed by atoms with E-state index in [2.05, 4.69) is 0 Å². The first-order valence-electron chi connectivity index (χ1n) is 9.39. The van der Waals surface area contributed by atoms with E-state index in [-0.39, 0.29) is 22.5 Å². The van der Waals surface area contributed by atoms with E-state index in [1.165, 1.54) is 12.1 Å². The molecule has 9 heteroatoms. The van der Waals surface area contributed by atoms with E-state index >= 15 is 0 Å². The van der Waals surface area contributed by atoms with Crippen LogP contribution in [0.3, 0.4) is 0 Å². The molecule has 0 amide bonds. The smallest absolute Gasteiger partial charge is 0.229 e. The molecule has 5 N–H and O–H groups in total. The minimum absolute atomic E-state index is 0.109. The molecule has 2 aromatic carbocycles. The molecule has 4 rings (SSSR count). The highest BCUT2D eigenvalue weighted by molar-refractivity contribution is 6.09. The Kier molecular flexibility index (Phi) is 5.16. The highest BCUT2D eigenvalue weighted by Crippen LogP contribution is 2.37. The van der Waals surface area contributed by atoms with Crippen LogP contribution in [-0.4, -0.2) is 62.8 Å². The largest absolute Gasteiger partial charge is 0.507 e. The van der Waals surface area contributed by atoms with Crippen molar-refractivity contribution in [2.24, 2.45) is 0 Å². The van der Waals surface area contributed by atoms with Crippen molar-refractivity contribution >= 4 is 21.7 Å². The van der Waals surface area contributed by atoms with Crippen LogP contribution in [0.15, 0.2) is 33.5 Å². The van der Waals surface area contributed by atoms with Crippen molar-refractivity contribution in [3.8, 4) is 11.5 Å². The number of aromatic hydroxyl groups is 1. The van der Waals surface area contributed by atoms with Gasteiger partial charge in [-0.1, -0.05) is 6.07 Å². The third kappa shape index (κ3) is 3.30. The molecule has 9 nitrogen and oxygen atoms in total. The molecule has 2 heterocycles. The number of fused-ring (bicyclic) bond motifs is 3. The zero-order valence-corrected chi connectivity index (χ0v) is 16.3. The van der Waals surface area contributed by atoms with E-state index in [4.69, 9.17) is 13.9 Å². The Morgan fingerprint density at radius 1 is 1.00 bits per heavy atom. The van der Waals surface area contributed by atoms with Gasteiger partial charge in [-0.3, -0.25) is 4.79 Å². The minimum atomic E-state index is -1.58. The summed E-state index contributed by atoms with van der Waals surface area (Å²) >= 11 is 0. The van der Waals surface area contributed by atoms with Crippen LogP contribution in [0, 0.1) is 13.8 Å². The van der Waals surface area contributed by atoms with E-state index in [1.807, 2.05) is 0 Å². The fourth-order valence-corrected chi connectivity index (χ4v) is 3.82. The van der Waals surface area contributed by atoms with Gasteiger partial charge in [0.25, 0.3) is 0 Å². The fraction of sp³-hybridized carbons (Fsp3) is 0.381. The second-order valence-electron chi connectivity index (χ2n) is 7.47. The van der Waals surface area contributed by atoms with Gasteiger partial charge in [-0.05, 0) is 30.9 Å². The summed E-state index contributed by atoms with van der Waals surface area (Å²) in [7, 11) is 0. The van der Waals surface area contributed by atoms with Gasteiger partial charge in [0.15, 0.2) is 5.43 Å². The number of hydrogen-bond acceptors (Lipinski definition) is 9. The molecule has 0 aliphatic carbocycles. The number of aliphatic hydroxyl groups excluding tert-OH is 4. The van der Waals surface area contributed by atoms with E-state index in [0.29, 0.717) is 27.5 Å². The molecule has 1 aliphatic heterocycles. The lowest BCUT2D eigenvalue weighted by molar-refractivity contribution is -0.277. The summed E-state index contributed by atoms with van der Waals surface area (Å²) in [6, 6.07) is 5.91. The topological polar surface area (TPSA) is 150 Å². The molecule has 0 saturated carbocycles. The number of hydrogen-bond donors (Lipinski definition) is 5. The highest BCUT2D eigenvalue weighted by atomic mass is 16.7. The van der Waals surface area contributed by atoms with E-state index < -0.39 is 37.3 Å². The molecule has 1 aromatic heterocycles. The summed E-state index contributed by atoms with van der Waals surface area (Å²) in [6.07, 6.45) is -7.18. The summed E-state index contributed by atoms with van der Waals surface area (Å²) in [6.45, 7) is 2.80. The Morgan fingerprint density at radius 3 is 2.43 bits per heavy atom. The van der Waals surface area contributed by atoms with Crippen LogP contribution in [0.2, 0.25) is 0 Å². The first kappa shape index (κ1) is 20.6. The molecule has 160 valence electrons. The van der Waals surface area contributed by atoms with Crippen molar-refractivity contribution in [1.29, 1.82) is 0 Å². The van der Waals surface area contributed by atoms with Crippen LogP contribution in [0.5, 0.6) is 11.5 Å². The van der Waals surface area contributed by atoms with Gasteiger partial charge in [0.1, 0.15) is 47.3 Å². The summed E-state index contributed by atoms with van der Waals surface area (Å²) < 4.78 is 16.7. The maximum atomic E-state index is 12.4. The Bertz CT molecular complexity index is 1170. The van der Waals surface area contributed by atoms with Gasteiger partial charge in [0.2, 0.25) is 6.29 Å². The van der Waals surface area contributed by atoms with Crippen LogP contribution in [0.1, 0.15) is 11.3 Å². The standard InChI is InChI=1S/C21H22O9/c1-8-3-10-5-11(29-21-19(27)18(26)17(25)14(7-22)30-21)6-13(24)16(10)20-15(8)12(23)4-9(2)28-20/h3-6,14,17-19,21-22,24-27H,7H2,1-2H3/t14-,17+,18+,19-,21+/m0/s1. The summed E-state index contributed by atoms with van der Waals surface area (Å²) in [5.74, 6) is 0.296. The average molecular weight is 418 g/mol. The van der Waals surface area contributed by atoms with Gasteiger partial charge in [0.05, 0.1) is 17.4 Å². The number of phenols is 1. The maximum absolute atomic E-state index is 12.4. The number of benzene rings is 2. The molecule has 5 atom stereocenters. The second-order valence-corrected chi connectivity index (χ2v) is 7.47. The number of ether oxygens (including phenoxy) is 2. The summed E-state index contributed by atoms with van der Waals surface area (Å²) in [5.41, 5.74) is 0.691. The second kappa shape index (κ2) is 7.53. The van der Waals surface area contributed by atoms with Crippen molar-refractivity contribution in [3.05, 3.63) is 45.8 Å². The zero-order chi connectivity index (χ0) is 21.7. The van der Waals surface area contributed by atoms with Gasteiger partial charge in [-0.2, -0.15) is 0 Å². The summed E-state index contributed by atoms with van der Waals surface area (Å²) in [4.78, 5) is 12.4. The van der Waals surface area contributed by atoms with Crippen molar-refractivity contribution in [2.45, 2.75) is 44.6 Å². The van der Waals surface area contributed by atoms with Gasteiger partial charge < -0.3 is 39.4 Å². The van der Waals surface area contributed by atoms with Crippen molar-refractivity contribution in [2.75, 3.05) is 6.61 Å². The molecule has 1 saturated heterocycles. The van der Waals surface area contributed by atoms with Gasteiger partial charge in [-0.15, -0.1) is 0 Å². The monoisotopic (exact) mass is 418 g/mol. The molecule has 0 bridgehead atoms. The van der Waals surface area contributed by atoms with Crippen LogP contribution in [-0.2, 0) is 4.74 Å². The number of aliphatic hydroxyl groups is 4. The predicted octanol–water partition coefficient (Wildman–Crippen LogP) is 0.447. The molecule has 0 radical (unpaired) electrons. The normalized spacial score (nSPS) is 26.9. The van der Waals surface area contributed by atoms with E-state index in [1.54, 1.807) is 26.0 Å². The zero-order valence-electron chi connectivity index (χ0n) is 16.3. The van der Waals surface area contributed by atoms with Crippen molar-refractivity contribution in [3.63, 3.8) is 0 Å². The van der Waals surface area contributed by atoms with Crippen molar-refractivity contribution < 1.29 is 39.4 Å². The summed E-state index contributed by atoms with van der Waals surface area (Å²) in [5, 5.41) is 51.1. The molecule has 1 fully saturated rings. The molecule has 1 aliphatic rings. The fourth-order valence-electron chi connectivity index (χ4n) is 3.82. The van der Waals surface area contributed by atoms with Gasteiger partial charge in [0, 0.05) is 12.1 Å². The molecular formula is C21H22O9. The quantitative estimate of drug-likeness (QED) is 0.382. The molecular weight excluding hydrogens is 396 g/mol. The van der Waals surface area contributed by atoms with E-state index in [9.17, 15) is 30.3 Å². The first-order chi connectivity index (χ1) is 14.2. The Morgan fingerprint density at radius 2 is 1.73 bits per heavy atom. The lowest BCUT2D eigenvalue weighted by atomic mass is 9.99. The molecule has 0 unspecified atom stereocenters.